The molecule has 1 N–H and O–H groups in total. The van der Waals surface area contributed by atoms with Crippen LogP contribution in [0.2, 0.25) is 0 Å². The number of amides is 1. The SMILES string of the molecule is Cc1nc(C(=O)NCc2ccco2)cc(N2CCN(Cc3ccccc3)CC2)n1. The third kappa shape index (κ3) is 5.00. The van der Waals surface area contributed by atoms with Crippen LogP contribution in [0.25, 0.3) is 0 Å². The van der Waals surface area contributed by atoms with Gasteiger partial charge in [-0.2, -0.15) is 0 Å². The van der Waals surface area contributed by atoms with Crippen LogP contribution in [-0.2, 0) is 13.1 Å². The van der Waals surface area contributed by atoms with E-state index in [0.29, 0.717) is 23.8 Å². The molecule has 0 radical (unpaired) electrons. The number of piperazine rings is 1. The molecule has 1 saturated heterocycles. The average molecular weight is 391 g/mol. The Morgan fingerprint density at radius 3 is 2.59 bits per heavy atom. The van der Waals surface area contributed by atoms with Crippen molar-refractivity contribution in [2.24, 2.45) is 0 Å². The molecule has 0 aliphatic carbocycles. The molecule has 4 rings (SSSR count). The van der Waals surface area contributed by atoms with Crippen molar-refractivity contribution in [1.29, 1.82) is 0 Å². The van der Waals surface area contributed by atoms with Gasteiger partial charge in [-0.3, -0.25) is 9.69 Å². The molecule has 150 valence electrons. The lowest BCUT2D eigenvalue weighted by Gasteiger charge is -2.35. The normalized spacial score (nSPS) is 14.7. The van der Waals surface area contributed by atoms with Gasteiger partial charge in [-0.15, -0.1) is 0 Å². The standard InChI is InChI=1S/C22H25N5O2/c1-17-24-20(22(28)23-15-19-8-5-13-29-19)14-21(25-17)27-11-9-26(10-12-27)16-18-6-3-2-4-7-18/h2-8,13-14H,9-12,15-16H2,1H3,(H,23,28). The molecule has 3 heterocycles. The van der Waals surface area contributed by atoms with Crippen molar-refractivity contribution in [1.82, 2.24) is 20.2 Å². The summed E-state index contributed by atoms with van der Waals surface area (Å²) in [6.45, 7) is 6.77. The third-order valence-corrected chi connectivity index (χ3v) is 5.01. The molecule has 1 fully saturated rings. The number of hydrogen-bond donors (Lipinski definition) is 1. The number of nitrogens with one attached hydrogen (secondary N) is 1. The van der Waals surface area contributed by atoms with Crippen molar-refractivity contribution in [3.63, 3.8) is 0 Å². The highest BCUT2D eigenvalue weighted by Gasteiger charge is 2.20. The minimum absolute atomic E-state index is 0.226. The molecule has 7 heteroatoms. The molecule has 2 aromatic heterocycles. The fourth-order valence-corrected chi connectivity index (χ4v) is 3.48. The van der Waals surface area contributed by atoms with Gasteiger partial charge in [-0.05, 0) is 24.6 Å². The van der Waals surface area contributed by atoms with Gasteiger partial charge in [0, 0.05) is 38.8 Å². The van der Waals surface area contributed by atoms with Crippen LogP contribution in [-0.4, -0.2) is 47.0 Å². The Balaban J connectivity index is 1.37. The first kappa shape index (κ1) is 19.1. The quantitative estimate of drug-likeness (QED) is 0.696. The van der Waals surface area contributed by atoms with Gasteiger partial charge in [0.25, 0.3) is 5.91 Å². The van der Waals surface area contributed by atoms with Crippen molar-refractivity contribution in [3.05, 3.63) is 77.6 Å². The molecule has 1 aromatic carbocycles. The molecular formula is C22H25N5O2. The molecule has 3 aromatic rings. The Hall–Kier alpha value is -3.19. The Morgan fingerprint density at radius 1 is 1.07 bits per heavy atom. The summed E-state index contributed by atoms with van der Waals surface area (Å²) in [5.41, 5.74) is 1.71. The van der Waals surface area contributed by atoms with Crippen molar-refractivity contribution < 1.29 is 9.21 Å². The van der Waals surface area contributed by atoms with Gasteiger partial charge >= 0.3 is 0 Å². The molecule has 0 unspecified atom stereocenters. The lowest BCUT2D eigenvalue weighted by molar-refractivity contribution is 0.0942. The smallest absolute Gasteiger partial charge is 0.270 e. The lowest BCUT2D eigenvalue weighted by Crippen LogP contribution is -2.46. The van der Waals surface area contributed by atoms with E-state index in [1.807, 2.05) is 19.1 Å². The lowest BCUT2D eigenvalue weighted by atomic mass is 10.2. The highest BCUT2D eigenvalue weighted by Crippen LogP contribution is 2.17. The second-order valence-corrected chi connectivity index (χ2v) is 7.17. The first-order valence-electron chi connectivity index (χ1n) is 9.85. The maximum Gasteiger partial charge on any atom is 0.270 e. The maximum absolute atomic E-state index is 12.5. The summed E-state index contributed by atoms with van der Waals surface area (Å²) in [7, 11) is 0. The molecular weight excluding hydrogens is 366 g/mol. The molecule has 1 amide bonds. The van der Waals surface area contributed by atoms with Crippen LogP contribution >= 0.6 is 0 Å². The molecule has 0 spiro atoms. The maximum atomic E-state index is 12.5. The van der Waals surface area contributed by atoms with Crippen LogP contribution in [0.1, 0.15) is 27.6 Å². The minimum Gasteiger partial charge on any atom is -0.467 e. The van der Waals surface area contributed by atoms with Gasteiger partial charge in [-0.1, -0.05) is 30.3 Å². The zero-order valence-corrected chi connectivity index (χ0v) is 16.5. The highest BCUT2D eigenvalue weighted by molar-refractivity contribution is 5.92. The van der Waals surface area contributed by atoms with E-state index in [-0.39, 0.29) is 5.91 Å². The number of carbonyl (C=O) groups is 1. The first-order valence-corrected chi connectivity index (χ1v) is 9.85. The number of benzene rings is 1. The van der Waals surface area contributed by atoms with Crippen molar-refractivity contribution in [2.75, 3.05) is 31.1 Å². The molecule has 1 aliphatic heterocycles. The van der Waals surface area contributed by atoms with Gasteiger partial charge in [0.15, 0.2) is 0 Å². The van der Waals surface area contributed by atoms with Crippen LogP contribution < -0.4 is 10.2 Å². The largest absolute Gasteiger partial charge is 0.467 e. The number of carbonyl (C=O) groups excluding carboxylic acids is 1. The van der Waals surface area contributed by atoms with Crippen LogP contribution in [0.15, 0.2) is 59.2 Å². The Bertz CT molecular complexity index is 935. The molecule has 0 atom stereocenters. The summed E-state index contributed by atoms with van der Waals surface area (Å²) in [4.78, 5) is 26.0. The Morgan fingerprint density at radius 2 is 1.86 bits per heavy atom. The number of aromatic nitrogens is 2. The van der Waals surface area contributed by atoms with E-state index in [1.54, 1.807) is 18.4 Å². The average Bonchev–Trinajstić information content (AvgIpc) is 3.26. The summed E-state index contributed by atoms with van der Waals surface area (Å²) in [5, 5.41) is 2.84. The van der Waals surface area contributed by atoms with Crippen LogP contribution in [0.5, 0.6) is 0 Å². The van der Waals surface area contributed by atoms with Crippen molar-refractivity contribution >= 4 is 11.7 Å². The molecule has 0 bridgehead atoms. The van der Waals surface area contributed by atoms with E-state index in [0.717, 1.165) is 38.5 Å². The van der Waals surface area contributed by atoms with E-state index in [9.17, 15) is 4.79 Å². The third-order valence-electron chi connectivity index (χ3n) is 5.01. The van der Waals surface area contributed by atoms with Gasteiger partial charge in [-0.25, -0.2) is 9.97 Å². The van der Waals surface area contributed by atoms with Gasteiger partial charge < -0.3 is 14.6 Å². The first-order chi connectivity index (χ1) is 14.2. The summed E-state index contributed by atoms with van der Waals surface area (Å²) in [5.74, 6) is 1.88. The van der Waals surface area contributed by atoms with Crippen LogP contribution in [0.4, 0.5) is 5.82 Å². The predicted octanol–water partition coefficient (Wildman–Crippen LogP) is 2.63. The number of anilines is 1. The number of furan rings is 1. The number of rotatable bonds is 6. The zero-order chi connectivity index (χ0) is 20.1. The predicted molar refractivity (Wildman–Crippen MR) is 111 cm³/mol. The summed E-state index contributed by atoms with van der Waals surface area (Å²) in [6, 6.07) is 15.9. The molecule has 0 saturated carbocycles. The number of nitrogens with zero attached hydrogens (tertiary/aromatic N) is 4. The zero-order valence-electron chi connectivity index (χ0n) is 16.5. The molecule has 1 aliphatic rings. The summed E-state index contributed by atoms with van der Waals surface area (Å²) in [6.07, 6.45) is 1.59. The molecule has 7 nitrogen and oxygen atoms in total. The highest BCUT2D eigenvalue weighted by atomic mass is 16.3. The van der Waals surface area contributed by atoms with Gasteiger partial charge in [0.05, 0.1) is 12.8 Å². The van der Waals surface area contributed by atoms with E-state index >= 15 is 0 Å². The summed E-state index contributed by atoms with van der Waals surface area (Å²) >= 11 is 0. The van der Waals surface area contributed by atoms with Crippen LogP contribution in [0.3, 0.4) is 0 Å². The van der Waals surface area contributed by atoms with E-state index in [1.165, 1.54) is 5.56 Å². The van der Waals surface area contributed by atoms with Crippen LogP contribution in [0, 0.1) is 6.92 Å². The number of hydrogen-bond acceptors (Lipinski definition) is 6. The second kappa shape index (κ2) is 8.87. The topological polar surface area (TPSA) is 74.5 Å². The second-order valence-electron chi connectivity index (χ2n) is 7.17. The number of aryl methyl sites for hydroxylation is 1. The molecule has 29 heavy (non-hydrogen) atoms. The fraction of sp³-hybridized carbons (Fsp3) is 0.318. The van der Waals surface area contributed by atoms with E-state index in [4.69, 9.17) is 4.42 Å². The Labute approximate surface area is 170 Å². The van der Waals surface area contributed by atoms with Crippen molar-refractivity contribution in [2.45, 2.75) is 20.0 Å². The van der Waals surface area contributed by atoms with E-state index < -0.39 is 0 Å². The Kier molecular flexibility index (Phi) is 5.86. The summed E-state index contributed by atoms with van der Waals surface area (Å²) < 4.78 is 5.25. The minimum atomic E-state index is -0.226. The van der Waals surface area contributed by atoms with Gasteiger partial charge in [0.1, 0.15) is 23.1 Å². The van der Waals surface area contributed by atoms with Gasteiger partial charge in [0.2, 0.25) is 0 Å². The van der Waals surface area contributed by atoms with Crippen molar-refractivity contribution in [3.8, 4) is 0 Å². The monoisotopic (exact) mass is 391 g/mol. The fourth-order valence-electron chi connectivity index (χ4n) is 3.48. The van der Waals surface area contributed by atoms with E-state index in [2.05, 4.69) is 49.4 Å².